The quantitative estimate of drug-likeness (QED) is 0.851. The molecule has 0 aliphatic rings. The van der Waals surface area contributed by atoms with E-state index in [-0.39, 0.29) is 11.4 Å². The van der Waals surface area contributed by atoms with Gasteiger partial charge in [-0.15, -0.1) is 0 Å². The zero-order valence-electron chi connectivity index (χ0n) is 11.6. The SMILES string of the molecule is Cc1ccc(CN)cc1S(=O)(=O)NCc1cccc(Br)c1. The van der Waals surface area contributed by atoms with Crippen LogP contribution >= 0.6 is 15.9 Å². The fourth-order valence-corrected chi connectivity index (χ4v) is 3.72. The van der Waals surface area contributed by atoms with Crippen LogP contribution in [0.25, 0.3) is 0 Å². The van der Waals surface area contributed by atoms with Gasteiger partial charge in [0.2, 0.25) is 10.0 Å². The highest BCUT2D eigenvalue weighted by Crippen LogP contribution is 2.18. The second-order valence-corrected chi connectivity index (χ2v) is 7.41. The van der Waals surface area contributed by atoms with Gasteiger partial charge < -0.3 is 5.73 Å². The predicted octanol–water partition coefficient (Wildman–Crippen LogP) is 2.69. The highest BCUT2D eigenvalue weighted by Gasteiger charge is 2.16. The first-order valence-corrected chi connectivity index (χ1v) is 8.74. The normalized spacial score (nSPS) is 11.6. The fraction of sp³-hybridized carbons (Fsp3) is 0.200. The number of benzene rings is 2. The number of hydrogen-bond donors (Lipinski definition) is 2. The van der Waals surface area contributed by atoms with Crippen molar-refractivity contribution in [1.29, 1.82) is 0 Å². The maximum atomic E-state index is 12.4. The second kappa shape index (κ2) is 6.70. The van der Waals surface area contributed by atoms with Crippen molar-refractivity contribution in [1.82, 2.24) is 4.72 Å². The third-order valence-corrected chi connectivity index (χ3v) is 5.17. The Balaban J connectivity index is 2.22. The first kappa shape index (κ1) is 16.2. The average Bonchev–Trinajstić information content (AvgIpc) is 2.46. The molecule has 0 heterocycles. The number of halogens is 1. The molecule has 2 rings (SSSR count). The van der Waals surface area contributed by atoms with E-state index in [1.807, 2.05) is 30.3 Å². The Kier molecular flexibility index (Phi) is 5.16. The summed E-state index contributed by atoms with van der Waals surface area (Å²) in [6.45, 7) is 2.33. The highest BCUT2D eigenvalue weighted by molar-refractivity contribution is 9.10. The van der Waals surface area contributed by atoms with E-state index >= 15 is 0 Å². The Morgan fingerprint density at radius 2 is 1.90 bits per heavy atom. The number of rotatable bonds is 5. The van der Waals surface area contributed by atoms with Gasteiger partial charge in [0.15, 0.2) is 0 Å². The lowest BCUT2D eigenvalue weighted by Gasteiger charge is -2.11. The van der Waals surface area contributed by atoms with E-state index in [1.54, 1.807) is 19.1 Å². The molecule has 0 bridgehead atoms. The van der Waals surface area contributed by atoms with Gasteiger partial charge in [0.05, 0.1) is 4.90 Å². The van der Waals surface area contributed by atoms with E-state index in [4.69, 9.17) is 5.73 Å². The molecule has 21 heavy (non-hydrogen) atoms. The van der Waals surface area contributed by atoms with Gasteiger partial charge in [-0.2, -0.15) is 0 Å². The molecule has 6 heteroatoms. The van der Waals surface area contributed by atoms with E-state index in [9.17, 15) is 8.42 Å². The molecule has 0 atom stereocenters. The summed E-state index contributed by atoms with van der Waals surface area (Å²) in [4.78, 5) is 0.278. The number of nitrogens with one attached hydrogen (secondary N) is 1. The zero-order valence-corrected chi connectivity index (χ0v) is 14.0. The standard InChI is InChI=1S/C15H17BrN2O2S/c1-11-5-6-12(9-17)8-15(11)21(19,20)18-10-13-3-2-4-14(16)7-13/h2-8,18H,9-10,17H2,1H3. The lowest BCUT2D eigenvalue weighted by molar-refractivity contribution is 0.580. The lowest BCUT2D eigenvalue weighted by atomic mass is 10.1. The molecule has 0 unspecified atom stereocenters. The van der Waals surface area contributed by atoms with Gasteiger partial charge in [0.1, 0.15) is 0 Å². The Bertz CT molecular complexity index is 745. The van der Waals surface area contributed by atoms with Crippen molar-refractivity contribution in [2.75, 3.05) is 0 Å². The minimum Gasteiger partial charge on any atom is -0.326 e. The molecule has 0 aliphatic carbocycles. The predicted molar refractivity (Wildman–Crippen MR) is 87.2 cm³/mol. The van der Waals surface area contributed by atoms with Crippen molar-refractivity contribution >= 4 is 26.0 Å². The molecule has 0 aromatic heterocycles. The summed E-state index contributed by atoms with van der Waals surface area (Å²) in [6.07, 6.45) is 0. The van der Waals surface area contributed by atoms with Crippen LogP contribution in [0.15, 0.2) is 51.8 Å². The van der Waals surface area contributed by atoms with Crippen molar-refractivity contribution in [3.05, 3.63) is 63.6 Å². The van der Waals surface area contributed by atoms with Crippen LogP contribution in [0.5, 0.6) is 0 Å². The third-order valence-electron chi connectivity index (χ3n) is 3.13. The molecule has 0 aliphatic heterocycles. The monoisotopic (exact) mass is 368 g/mol. The molecule has 0 saturated heterocycles. The number of nitrogens with two attached hydrogens (primary N) is 1. The van der Waals surface area contributed by atoms with Gasteiger partial charge in [-0.3, -0.25) is 0 Å². The first-order valence-electron chi connectivity index (χ1n) is 6.46. The van der Waals surface area contributed by atoms with Gasteiger partial charge in [-0.25, -0.2) is 13.1 Å². The Labute approximate surface area is 133 Å². The van der Waals surface area contributed by atoms with Crippen LogP contribution in [0.2, 0.25) is 0 Å². The van der Waals surface area contributed by atoms with E-state index < -0.39 is 10.0 Å². The minimum absolute atomic E-state index is 0.244. The van der Waals surface area contributed by atoms with E-state index in [2.05, 4.69) is 20.7 Å². The molecule has 2 aromatic carbocycles. The third kappa shape index (κ3) is 4.14. The first-order chi connectivity index (χ1) is 9.92. The van der Waals surface area contributed by atoms with Crippen molar-refractivity contribution in [2.24, 2.45) is 5.73 Å². The maximum Gasteiger partial charge on any atom is 0.241 e. The highest BCUT2D eigenvalue weighted by atomic mass is 79.9. The van der Waals surface area contributed by atoms with Crippen LogP contribution in [-0.4, -0.2) is 8.42 Å². The largest absolute Gasteiger partial charge is 0.326 e. The molecule has 112 valence electrons. The smallest absolute Gasteiger partial charge is 0.241 e. The molecule has 0 amide bonds. The Morgan fingerprint density at radius 3 is 2.57 bits per heavy atom. The van der Waals surface area contributed by atoms with Crippen molar-refractivity contribution in [3.63, 3.8) is 0 Å². The van der Waals surface area contributed by atoms with Crippen LogP contribution in [0.4, 0.5) is 0 Å². The summed E-state index contributed by atoms with van der Waals surface area (Å²) in [6, 6.07) is 12.8. The van der Waals surface area contributed by atoms with Crippen molar-refractivity contribution < 1.29 is 8.42 Å². The number of sulfonamides is 1. The Morgan fingerprint density at radius 1 is 1.14 bits per heavy atom. The minimum atomic E-state index is -3.56. The molecule has 2 aromatic rings. The van der Waals surface area contributed by atoms with Crippen LogP contribution in [0.1, 0.15) is 16.7 Å². The summed E-state index contributed by atoms with van der Waals surface area (Å²) in [5.74, 6) is 0. The number of aryl methyl sites for hydroxylation is 1. The van der Waals surface area contributed by atoms with Gasteiger partial charge in [-0.05, 0) is 41.8 Å². The molecule has 0 fully saturated rings. The summed E-state index contributed by atoms with van der Waals surface area (Å²) in [5.41, 5.74) is 7.96. The van der Waals surface area contributed by atoms with Gasteiger partial charge >= 0.3 is 0 Å². The van der Waals surface area contributed by atoms with Crippen molar-refractivity contribution in [3.8, 4) is 0 Å². The summed E-state index contributed by atoms with van der Waals surface area (Å²) in [5, 5.41) is 0. The van der Waals surface area contributed by atoms with Crippen LogP contribution < -0.4 is 10.5 Å². The fourth-order valence-electron chi connectivity index (χ4n) is 1.96. The Hall–Kier alpha value is -1.21. The van der Waals surface area contributed by atoms with Crippen molar-refractivity contribution in [2.45, 2.75) is 24.9 Å². The van der Waals surface area contributed by atoms with Crippen LogP contribution in [0, 0.1) is 6.92 Å². The average molecular weight is 369 g/mol. The van der Waals surface area contributed by atoms with E-state index in [0.717, 1.165) is 15.6 Å². The maximum absolute atomic E-state index is 12.4. The lowest BCUT2D eigenvalue weighted by Crippen LogP contribution is -2.24. The molecule has 0 spiro atoms. The van der Waals surface area contributed by atoms with Gasteiger partial charge in [0.25, 0.3) is 0 Å². The second-order valence-electron chi connectivity index (χ2n) is 4.76. The van der Waals surface area contributed by atoms with E-state index in [0.29, 0.717) is 12.1 Å². The van der Waals surface area contributed by atoms with Crippen LogP contribution in [0.3, 0.4) is 0 Å². The zero-order chi connectivity index (χ0) is 15.5. The van der Waals surface area contributed by atoms with Gasteiger partial charge in [0, 0.05) is 17.6 Å². The molecule has 4 nitrogen and oxygen atoms in total. The summed E-state index contributed by atoms with van der Waals surface area (Å²) >= 11 is 3.37. The molecular weight excluding hydrogens is 352 g/mol. The number of hydrogen-bond acceptors (Lipinski definition) is 3. The molecule has 0 radical (unpaired) electrons. The van der Waals surface area contributed by atoms with E-state index in [1.165, 1.54) is 0 Å². The topological polar surface area (TPSA) is 72.2 Å². The molecular formula is C15H17BrN2O2S. The van der Waals surface area contributed by atoms with Crippen LogP contribution in [-0.2, 0) is 23.1 Å². The molecule has 3 N–H and O–H groups in total. The summed E-state index contributed by atoms with van der Waals surface area (Å²) < 4.78 is 28.4. The van der Waals surface area contributed by atoms with Gasteiger partial charge in [-0.1, -0.05) is 40.2 Å². The summed E-state index contributed by atoms with van der Waals surface area (Å²) in [7, 11) is -3.56. The molecule has 0 saturated carbocycles.